The molecule has 3 aromatic rings. The zero-order valence-electron chi connectivity index (χ0n) is 13.1. The SMILES string of the molecule is Cc1ccc2c(c1N(C)C)C(=O)c1nc3ccccc3c(=O)n1-2. The van der Waals surface area contributed by atoms with E-state index in [9.17, 15) is 9.59 Å². The standard InChI is InChI=1S/C18H15N3O2/c1-10-8-9-13-14(15(10)20(2)3)16(22)17-19-12-7-5-4-6-11(12)18(23)21(13)17/h4-9H,1-3H3. The van der Waals surface area contributed by atoms with Crippen molar-refractivity contribution in [3.63, 3.8) is 0 Å². The van der Waals surface area contributed by atoms with Crippen molar-refractivity contribution in [1.29, 1.82) is 0 Å². The molecule has 1 aliphatic heterocycles. The molecule has 2 heterocycles. The zero-order valence-corrected chi connectivity index (χ0v) is 13.1. The average molecular weight is 305 g/mol. The van der Waals surface area contributed by atoms with Gasteiger partial charge in [-0.15, -0.1) is 0 Å². The summed E-state index contributed by atoms with van der Waals surface area (Å²) < 4.78 is 1.44. The maximum Gasteiger partial charge on any atom is 0.266 e. The minimum absolute atomic E-state index is 0.192. The number of para-hydroxylation sites is 1. The molecule has 5 heteroatoms. The Labute approximate surface area is 132 Å². The van der Waals surface area contributed by atoms with E-state index in [1.165, 1.54) is 4.57 Å². The number of ketones is 1. The van der Waals surface area contributed by atoms with Crippen molar-refractivity contribution < 1.29 is 4.79 Å². The van der Waals surface area contributed by atoms with Gasteiger partial charge in [0.1, 0.15) is 0 Å². The van der Waals surface area contributed by atoms with Gasteiger partial charge in [-0.05, 0) is 30.7 Å². The second-order valence-electron chi connectivity index (χ2n) is 5.94. The number of nitrogens with zero attached hydrogens (tertiary/aromatic N) is 3. The molecule has 4 rings (SSSR count). The molecule has 1 aromatic heterocycles. The summed E-state index contributed by atoms with van der Waals surface area (Å²) in [5, 5.41) is 0.517. The Hall–Kier alpha value is -2.95. The third kappa shape index (κ3) is 1.70. The molecule has 0 amide bonds. The predicted molar refractivity (Wildman–Crippen MR) is 89.8 cm³/mol. The second-order valence-corrected chi connectivity index (χ2v) is 5.94. The molecule has 0 fully saturated rings. The van der Waals surface area contributed by atoms with Crippen molar-refractivity contribution in [3.05, 3.63) is 63.7 Å². The fourth-order valence-electron chi connectivity index (χ4n) is 3.29. The summed E-state index contributed by atoms with van der Waals surface area (Å²) in [6.45, 7) is 1.96. The molecule has 0 atom stereocenters. The molecule has 0 spiro atoms. The first-order chi connectivity index (χ1) is 11.0. The highest BCUT2D eigenvalue weighted by Gasteiger charge is 2.33. The van der Waals surface area contributed by atoms with Crippen molar-refractivity contribution in [2.24, 2.45) is 0 Å². The fourth-order valence-corrected chi connectivity index (χ4v) is 3.29. The normalized spacial score (nSPS) is 12.4. The van der Waals surface area contributed by atoms with Crippen LogP contribution >= 0.6 is 0 Å². The molecular formula is C18H15N3O2. The van der Waals surface area contributed by atoms with Crippen LogP contribution in [0.15, 0.2) is 41.2 Å². The maximum atomic E-state index is 12.9. The van der Waals surface area contributed by atoms with Crippen molar-refractivity contribution in [2.45, 2.75) is 6.92 Å². The largest absolute Gasteiger partial charge is 0.377 e. The van der Waals surface area contributed by atoms with Gasteiger partial charge < -0.3 is 4.90 Å². The van der Waals surface area contributed by atoms with E-state index in [-0.39, 0.29) is 17.2 Å². The number of hydrogen-bond acceptors (Lipinski definition) is 4. The predicted octanol–water partition coefficient (Wildman–Crippen LogP) is 2.30. The van der Waals surface area contributed by atoms with Gasteiger partial charge in [0.05, 0.1) is 27.8 Å². The molecule has 2 aromatic carbocycles. The highest BCUT2D eigenvalue weighted by molar-refractivity contribution is 6.17. The molecule has 5 nitrogen and oxygen atoms in total. The first-order valence-corrected chi connectivity index (χ1v) is 7.38. The summed E-state index contributed by atoms with van der Waals surface area (Å²) in [5.41, 5.74) is 3.34. The molecule has 0 radical (unpaired) electrons. The number of rotatable bonds is 1. The quantitative estimate of drug-likeness (QED) is 0.541. The molecule has 114 valence electrons. The molecule has 0 saturated carbocycles. The topological polar surface area (TPSA) is 55.2 Å². The Bertz CT molecular complexity index is 1050. The lowest BCUT2D eigenvalue weighted by Gasteiger charge is -2.18. The van der Waals surface area contributed by atoms with Crippen molar-refractivity contribution in [2.75, 3.05) is 19.0 Å². The number of carbonyl (C=O) groups excluding carboxylic acids is 1. The monoisotopic (exact) mass is 305 g/mol. The third-order valence-corrected chi connectivity index (χ3v) is 4.25. The smallest absolute Gasteiger partial charge is 0.266 e. The van der Waals surface area contributed by atoms with Crippen LogP contribution in [-0.2, 0) is 0 Å². The van der Waals surface area contributed by atoms with E-state index in [1.54, 1.807) is 18.2 Å². The van der Waals surface area contributed by atoms with Gasteiger partial charge in [-0.3, -0.25) is 14.2 Å². The van der Waals surface area contributed by atoms with Crippen LogP contribution in [0.4, 0.5) is 5.69 Å². The summed E-state index contributed by atoms with van der Waals surface area (Å²) in [6, 6.07) is 10.9. The van der Waals surface area contributed by atoms with Crippen LogP contribution in [0.25, 0.3) is 16.6 Å². The molecule has 23 heavy (non-hydrogen) atoms. The van der Waals surface area contributed by atoms with Gasteiger partial charge in [0, 0.05) is 14.1 Å². The number of aromatic nitrogens is 2. The van der Waals surface area contributed by atoms with Crippen molar-refractivity contribution >= 4 is 22.4 Å². The van der Waals surface area contributed by atoms with Gasteiger partial charge in [0.2, 0.25) is 5.78 Å². The lowest BCUT2D eigenvalue weighted by molar-refractivity contribution is 0.103. The summed E-state index contributed by atoms with van der Waals surface area (Å²) in [6.07, 6.45) is 0. The van der Waals surface area contributed by atoms with Gasteiger partial charge in [-0.1, -0.05) is 18.2 Å². The lowest BCUT2D eigenvalue weighted by Crippen LogP contribution is -2.21. The van der Waals surface area contributed by atoms with Gasteiger partial charge in [-0.25, -0.2) is 4.98 Å². The Morgan fingerprint density at radius 2 is 1.78 bits per heavy atom. The summed E-state index contributed by atoms with van der Waals surface area (Å²) >= 11 is 0. The van der Waals surface area contributed by atoms with E-state index in [2.05, 4.69) is 4.98 Å². The second kappa shape index (κ2) is 4.52. The number of aryl methyl sites for hydroxylation is 1. The zero-order chi connectivity index (χ0) is 16.3. The lowest BCUT2D eigenvalue weighted by atomic mass is 10.0. The number of anilines is 1. The van der Waals surface area contributed by atoms with Crippen molar-refractivity contribution in [1.82, 2.24) is 9.55 Å². The average Bonchev–Trinajstić information content (AvgIpc) is 2.80. The third-order valence-electron chi connectivity index (χ3n) is 4.25. The van der Waals surface area contributed by atoms with E-state index >= 15 is 0 Å². The number of fused-ring (bicyclic) bond motifs is 4. The fraction of sp³-hybridized carbons (Fsp3) is 0.167. The summed E-state index contributed by atoms with van der Waals surface area (Å²) in [5.74, 6) is -0.00680. The van der Waals surface area contributed by atoms with Crippen LogP contribution in [0.2, 0.25) is 0 Å². The summed E-state index contributed by atoms with van der Waals surface area (Å²) in [4.78, 5) is 32.1. The summed E-state index contributed by atoms with van der Waals surface area (Å²) in [7, 11) is 3.79. The van der Waals surface area contributed by atoms with Crippen LogP contribution in [0, 0.1) is 6.92 Å². The molecule has 0 bridgehead atoms. The number of benzene rings is 2. The highest BCUT2D eigenvalue weighted by Crippen LogP contribution is 2.35. The number of carbonyl (C=O) groups is 1. The number of hydrogen-bond donors (Lipinski definition) is 0. The minimum atomic E-state index is -0.203. The Morgan fingerprint density at radius 1 is 1.04 bits per heavy atom. The van der Waals surface area contributed by atoms with Gasteiger partial charge >= 0.3 is 0 Å². The van der Waals surface area contributed by atoms with E-state index in [0.717, 1.165) is 11.3 Å². The van der Waals surface area contributed by atoms with Crippen molar-refractivity contribution in [3.8, 4) is 5.69 Å². The molecule has 0 aliphatic carbocycles. The first-order valence-electron chi connectivity index (χ1n) is 7.38. The maximum absolute atomic E-state index is 12.9. The molecule has 1 aliphatic rings. The van der Waals surface area contributed by atoms with Gasteiger partial charge in [-0.2, -0.15) is 0 Å². The Morgan fingerprint density at radius 3 is 2.52 bits per heavy atom. The van der Waals surface area contributed by atoms with E-state index in [1.807, 2.05) is 44.1 Å². The van der Waals surface area contributed by atoms with E-state index in [0.29, 0.717) is 22.2 Å². The highest BCUT2D eigenvalue weighted by atomic mass is 16.1. The van der Waals surface area contributed by atoms with Crippen LogP contribution < -0.4 is 10.5 Å². The molecule has 0 saturated heterocycles. The molecule has 0 N–H and O–H groups in total. The molecule has 0 unspecified atom stereocenters. The van der Waals surface area contributed by atoms with Gasteiger partial charge in [0.15, 0.2) is 5.82 Å². The van der Waals surface area contributed by atoms with Crippen LogP contribution in [0.1, 0.15) is 21.7 Å². The van der Waals surface area contributed by atoms with Crippen LogP contribution in [0.5, 0.6) is 0 Å². The van der Waals surface area contributed by atoms with Gasteiger partial charge in [0.25, 0.3) is 5.56 Å². The van der Waals surface area contributed by atoms with E-state index in [4.69, 9.17) is 0 Å². The Balaban J connectivity index is 2.17. The molecular weight excluding hydrogens is 290 g/mol. The first kappa shape index (κ1) is 13.7. The minimum Gasteiger partial charge on any atom is -0.377 e. The van der Waals surface area contributed by atoms with E-state index < -0.39 is 0 Å². The Kier molecular flexibility index (Phi) is 2.69. The van der Waals surface area contributed by atoms with Crippen LogP contribution in [-0.4, -0.2) is 29.4 Å². The van der Waals surface area contributed by atoms with Crippen LogP contribution in [0.3, 0.4) is 0 Å².